The number of para-hydroxylation sites is 2. The zero-order valence-corrected chi connectivity index (χ0v) is 40.8. The van der Waals surface area contributed by atoms with E-state index in [1.165, 1.54) is 37.0 Å². The van der Waals surface area contributed by atoms with Crippen LogP contribution in [0.25, 0.3) is 0 Å². The molecule has 0 radical (unpaired) electrons. The van der Waals surface area contributed by atoms with Gasteiger partial charge in [0.15, 0.2) is 18.3 Å². The van der Waals surface area contributed by atoms with Gasteiger partial charge in [-0.15, -0.1) is 35.9 Å². The van der Waals surface area contributed by atoms with E-state index in [0.29, 0.717) is 17.4 Å². The van der Waals surface area contributed by atoms with Gasteiger partial charge in [-0.3, -0.25) is 14.4 Å². The fraction of sp³-hybridized carbons (Fsp3) is 0.565. The number of hydrogen-bond acceptors (Lipinski definition) is 15. The number of benzene rings is 2. The van der Waals surface area contributed by atoms with Gasteiger partial charge < -0.3 is 60.6 Å². The molecule has 0 saturated carbocycles. The molecule has 16 nitrogen and oxygen atoms in total. The lowest BCUT2D eigenvalue weighted by Crippen LogP contribution is -2.56. The van der Waals surface area contributed by atoms with Crippen LogP contribution < -0.4 is 20.9 Å². The van der Waals surface area contributed by atoms with Crippen molar-refractivity contribution >= 4 is 71.0 Å². The number of ether oxygens (including phenoxy) is 3. The van der Waals surface area contributed by atoms with Crippen LogP contribution in [-0.4, -0.2) is 150 Å². The van der Waals surface area contributed by atoms with E-state index in [4.69, 9.17) is 19.9 Å². The smallest absolute Gasteiger partial charge is 0.338 e. The highest BCUT2D eigenvalue weighted by Crippen LogP contribution is 2.34. The predicted octanol–water partition coefficient (Wildman–Crippen LogP) is 3.48. The predicted molar refractivity (Wildman–Crippen MR) is 256 cm³/mol. The zero-order chi connectivity index (χ0) is 47.7. The summed E-state index contributed by atoms with van der Waals surface area (Å²) in [5.41, 5.74) is 7.45. The largest absolute Gasteiger partial charge is 0.454 e. The third kappa shape index (κ3) is 15.8. The van der Waals surface area contributed by atoms with Gasteiger partial charge in [0, 0.05) is 49.6 Å². The maximum Gasteiger partial charge on any atom is 0.338 e. The second-order valence-electron chi connectivity index (χ2n) is 15.6. The van der Waals surface area contributed by atoms with Crippen LogP contribution in [0.2, 0.25) is 0 Å². The molecule has 3 aliphatic rings. The first-order valence-electron chi connectivity index (χ1n) is 21.6. The van der Waals surface area contributed by atoms with E-state index in [0.717, 1.165) is 46.8 Å². The molecular formula is C46H69ClN4O12S2. The summed E-state index contributed by atoms with van der Waals surface area (Å²) in [5.74, 6) is -0.0978. The number of anilines is 2. The minimum absolute atomic E-state index is 0. The van der Waals surface area contributed by atoms with Crippen molar-refractivity contribution in [1.29, 1.82) is 0 Å². The molecule has 1 fully saturated rings. The van der Waals surface area contributed by atoms with Crippen LogP contribution in [0.4, 0.5) is 11.4 Å². The Hall–Kier alpha value is -3.53. The van der Waals surface area contributed by atoms with Crippen molar-refractivity contribution in [3.63, 3.8) is 0 Å². The maximum atomic E-state index is 12.9. The number of nitrogens with one attached hydrogen (secondary N) is 1. The van der Waals surface area contributed by atoms with Crippen LogP contribution in [0, 0.1) is 11.8 Å². The number of cyclic esters (lactones) is 1. The monoisotopic (exact) mass is 968 g/mol. The SMILES string of the molecule is CCC(/C=C/[C@@H](O)[C@@H]1OC(=O)[C@H](OC)[C@@H]1O)CC.CCC(/C=C/[C@@H](O)[C@H](O)[C@@H](O)[C@@H](OC)C(=O)N[C@H]1CSc2ccccc2N(C)C1=O)CC.CN1C(=O)[C@@H](N)CSc2ccccc21.Cl. The standard InChI is InChI=1S/C23H34N2O6S.C13H22O5.C10H12N2OS.ClH/c1-5-14(6-2)11-12-17(26)19(27)20(28)21(31-4)22(29)24-15-13-32-18-10-8-7-9-16(18)25(3)23(15)30;1-4-8(5-2)6-7-9(14)11-10(15)12(17-3)13(16)18-11;1-12-8-4-2-3-5-9(8)14-6-7(11)10(12)13;/h7-12,14-15,17,19-21,26-28H,5-6,13H2,1-4H3,(H,24,29);6-12,14-15H,4-5H2,1-3H3;2-5,7H,6,11H2,1H3;1H/b12-11+;7-6+;;/t15-,17+,19-,20+,21+;9-,10-,11+,12-;7-;/m010./s1. The second-order valence-corrected chi connectivity index (χ2v) is 17.7. The molecule has 19 heteroatoms. The maximum absolute atomic E-state index is 12.9. The van der Waals surface area contributed by atoms with Gasteiger partial charge in [-0.2, -0.15) is 0 Å². The van der Waals surface area contributed by atoms with E-state index in [9.17, 15) is 44.7 Å². The first-order chi connectivity index (χ1) is 30.5. The first kappa shape index (κ1) is 57.6. The minimum atomic E-state index is -1.69. The molecule has 0 spiro atoms. The summed E-state index contributed by atoms with van der Waals surface area (Å²) in [5, 5.41) is 53.5. The number of methoxy groups -OCH3 is 2. The van der Waals surface area contributed by atoms with Crippen LogP contribution in [0.5, 0.6) is 0 Å². The number of nitrogens with zero attached hydrogens (tertiary/aromatic N) is 2. The molecule has 3 heterocycles. The van der Waals surface area contributed by atoms with Gasteiger partial charge in [0.05, 0.1) is 17.4 Å². The van der Waals surface area contributed by atoms with E-state index in [1.54, 1.807) is 42.9 Å². The lowest BCUT2D eigenvalue weighted by molar-refractivity contribution is -0.151. The second kappa shape index (κ2) is 28.6. The number of hydrogen-bond donors (Lipinski definition) is 7. The molecule has 65 heavy (non-hydrogen) atoms. The Balaban J connectivity index is 0.000000369. The van der Waals surface area contributed by atoms with Gasteiger partial charge in [-0.05, 0) is 61.8 Å². The van der Waals surface area contributed by atoms with Gasteiger partial charge in [0.25, 0.3) is 5.91 Å². The normalized spacial score (nSPS) is 23.1. The average molecular weight is 970 g/mol. The van der Waals surface area contributed by atoms with Gasteiger partial charge in [-0.25, -0.2) is 4.79 Å². The molecule has 3 aliphatic heterocycles. The number of aliphatic hydroxyl groups excluding tert-OH is 5. The molecule has 8 N–H and O–H groups in total. The summed E-state index contributed by atoms with van der Waals surface area (Å²) in [6.45, 7) is 8.17. The number of fused-ring (bicyclic) bond motifs is 2. The van der Waals surface area contributed by atoms with Crippen molar-refractivity contribution in [2.75, 3.05) is 49.6 Å². The van der Waals surface area contributed by atoms with Crippen LogP contribution in [-0.2, 0) is 33.4 Å². The Morgan fingerprint density at radius 3 is 1.78 bits per heavy atom. The molecule has 2 aromatic carbocycles. The number of likely N-dealkylation sites (N-methyl/N-ethyl adjacent to an activating group) is 2. The molecule has 364 valence electrons. The Morgan fingerprint density at radius 2 is 1.29 bits per heavy atom. The van der Waals surface area contributed by atoms with Gasteiger partial charge in [0.2, 0.25) is 11.8 Å². The Bertz CT molecular complexity index is 1870. The fourth-order valence-electron chi connectivity index (χ4n) is 7.04. The number of aliphatic hydroxyl groups is 5. The summed E-state index contributed by atoms with van der Waals surface area (Å²) in [6, 6.07) is 14.1. The highest BCUT2D eigenvalue weighted by atomic mass is 35.5. The third-order valence-electron chi connectivity index (χ3n) is 11.4. The molecule has 2 aromatic rings. The Morgan fingerprint density at radius 1 is 0.800 bits per heavy atom. The molecule has 0 aromatic heterocycles. The van der Waals surface area contributed by atoms with Crippen molar-refractivity contribution in [3.8, 4) is 0 Å². The highest BCUT2D eigenvalue weighted by molar-refractivity contribution is 7.99. The molecule has 5 rings (SSSR count). The van der Waals surface area contributed by atoms with E-state index in [-0.39, 0.29) is 30.1 Å². The fourth-order valence-corrected chi connectivity index (χ4v) is 9.17. The number of rotatable bonds is 16. The quantitative estimate of drug-likeness (QED) is 0.0942. The van der Waals surface area contributed by atoms with Crippen LogP contribution in [0.15, 0.2) is 82.6 Å². The van der Waals surface area contributed by atoms with Crippen LogP contribution in [0.3, 0.4) is 0 Å². The van der Waals surface area contributed by atoms with Gasteiger partial charge in [-0.1, -0.05) is 76.3 Å². The Labute approximate surface area is 397 Å². The van der Waals surface area contributed by atoms with E-state index >= 15 is 0 Å². The average Bonchev–Trinajstić information content (AvgIpc) is 3.48. The van der Waals surface area contributed by atoms with Crippen LogP contribution >= 0.6 is 35.9 Å². The lowest BCUT2D eigenvalue weighted by atomic mass is 9.98. The van der Waals surface area contributed by atoms with Crippen molar-refractivity contribution < 1.29 is 58.9 Å². The molecule has 0 unspecified atom stereocenters. The van der Waals surface area contributed by atoms with Crippen molar-refractivity contribution in [2.45, 2.75) is 124 Å². The summed E-state index contributed by atoms with van der Waals surface area (Å²) in [6.07, 6.45) is 0.149. The first-order valence-corrected chi connectivity index (χ1v) is 23.5. The van der Waals surface area contributed by atoms with E-state index in [1.807, 2.05) is 68.5 Å². The summed E-state index contributed by atoms with van der Waals surface area (Å²) in [7, 11) is 5.95. The number of esters is 1. The molecule has 0 aliphatic carbocycles. The number of amides is 3. The third-order valence-corrected chi connectivity index (χ3v) is 13.7. The molecule has 0 bridgehead atoms. The van der Waals surface area contributed by atoms with Gasteiger partial charge >= 0.3 is 5.97 Å². The number of carbonyl (C=O) groups is 4. The van der Waals surface area contributed by atoms with Gasteiger partial charge in [0.1, 0.15) is 36.6 Å². The summed E-state index contributed by atoms with van der Waals surface area (Å²) in [4.78, 5) is 53.9. The number of halogens is 1. The molecular weight excluding hydrogens is 900 g/mol. The highest BCUT2D eigenvalue weighted by Gasteiger charge is 2.47. The van der Waals surface area contributed by atoms with Crippen molar-refractivity contribution in [3.05, 3.63) is 72.8 Å². The lowest BCUT2D eigenvalue weighted by Gasteiger charge is -2.28. The zero-order valence-electron chi connectivity index (χ0n) is 38.4. The minimum Gasteiger partial charge on any atom is -0.454 e. The van der Waals surface area contributed by atoms with Crippen LogP contribution in [0.1, 0.15) is 53.4 Å². The molecule has 3 amide bonds. The van der Waals surface area contributed by atoms with Crippen molar-refractivity contribution in [1.82, 2.24) is 5.32 Å². The number of nitrogens with two attached hydrogens (primary N) is 1. The topological polar surface area (TPSA) is 242 Å². The summed E-state index contributed by atoms with van der Waals surface area (Å²) < 4.78 is 14.9. The number of carbonyl (C=O) groups excluding carboxylic acids is 4. The van der Waals surface area contributed by atoms with E-state index in [2.05, 4.69) is 19.2 Å². The number of thioether (sulfide) groups is 2. The number of allylic oxidation sites excluding steroid dienone is 2. The summed E-state index contributed by atoms with van der Waals surface area (Å²) >= 11 is 3.08. The molecule has 1 saturated heterocycles. The van der Waals surface area contributed by atoms with Crippen molar-refractivity contribution in [2.24, 2.45) is 17.6 Å². The Kier molecular flexibility index (Phi) is 25.3. The molecule has 10 atom stereocenters. The van der Waals surface area contributed by atoms with E-state index < -0.39 is 72.8 Å².